The smallest absolute Gasteiger partial charge is 0.401 e. The molecule has 2 aliphatic rings. The number of alkyl halides is 4. The van der Waals surface area contributed by atoms with Crippen LogP contribution < -0.4 is 14.8 Å². The maximum Gasteiger partial charge on any atom is 0.401 e. The van der Waals surface area contributed by atoms with E-state index in [0.717, 1.165) is 19.4 Å². The molecule has 0 bridgehead atoms. The van der Waals surface area contributed by atoms with E-state index in [1.54, 1.807) is 0 Å². The second-order valence-electron chi connectivity index (χ2n) is 8.84. The molecule has 1 aromatic heterocycles. The van der Waals surface area contributed by atoms with E-state index >= 15 is 4.39 Å². The average molecular weight is 602 g/mol. The first-order chi connectivity index (χ1) is 16.9. The van der Waals surface area contributed by atoms with Gasteiger partial charge >= 0.3 is 12.2 Å². The van der Waals surface area contributed by atoms with Crippen LogP contribution in [-0.4, -0.2) is 76.8 Å². The Bertz CT molecular complexity index is 1160. The van der Waals surface area contributed by atoms with Crippen LogP contribution in [0.3, 0.4) is 0 Å². The summed E-state index contributed by atoms with van der Waals surface area (Å²) in [6.07, 6.45) is -2.30. The van der Waals surface area contributed by atoms with E-state index < -0.39 is 42.2 Å². The van der Waals surface area contributed by atoms with Crippen LogP contribution in [0.2, 0.25) is 5.02 Å². The lowest BCUT2D eigenvalue weighted by Crippen LogP contribution is -2.43. The molecule has 2 saturated heterocycles. The van der Waals surface area contributed by atoms with Gasteiger partial charge in [-0.2, -0.15) is 23.1 Å². The summed E-state index contributed by atoms with van der Waals surface area (Å²) in [5.41, 5.74) is -0.887. The van der Waals surface area contributed by atoms with Crippen LogP contribution in [0.15, 0.2) is 17.1 Å². The Hall–Kier alpha value is -1.96. The molecule has 3 atom stereocenters. The Morgan fingerprint density at radius 3 is 2.81 bits per heavy atom. The van der Waals surface area contributed by atoms with Crippen molar-refractivity contribution in [2.45, 2.75) is 43.2 Å². The van der Waals surface area contributed by atoms with Crippen LogP contribution in [0.4, 0.5) is 22.0 Å². The number of benzene rings is 1. The molecular weight excluding hydrogens is 579 g/mol. The molecule has 0 spiro atoms. The zero-order chi connectivity index (χ0) is 26.3. The van der Waals surface area contributed by atoms with Crippen LogP contribution >= 0.6 is 27.5 Å². The highest BCUT2D eigenvalue weighted by molar-refractivity contribution is 9.10. The Morgan fingerprint density at radius 1 is 1.36 bits per heavy atom. The number of fused-ring (bicyclic) bond motifs is 2. The van der Waals surface area contributed by atoms with Crippen molar-refractivity contribution in [2.24, 2.45) is 0 Å². The molecule has 14 heteroatoms. The zero-order valence-electron chi connectivity index (χ0n) is 18.8. The number of halogens is 7. The molecule has 2 fully saturated rings. The van der Waals surface area contributed by atoms with Gasteiger partial charge in [0.05, 0.1) is 22.6 Å². The highest BCUT2D eigenvalue weighted by Crippen LogP contribution is 2.45. The lowest BCUT2D eigenvalue weighted by molar-refractivity contribution is -0.125. The van der Waals surface area contributed by atoms with Crippen molar-refractivity contribution in [1.82, 2.24) is 20.2 Å². The quantitative estimate of drug-likeness (QED) is 0.240. The van der Waals surface area contributed by atoms with E-state index in [9.17, 15) is 22.7 Å². The van der Waals surface area contributed by atoms with Gasteiger partial charge in [-0.1, -0.05) is 17.7 Å². The van der Waals surface area contributed by atoms with Crippen molar-refractivity contribution in [3.63, 3.8) is 0 Å². The topological polar surface area (TPSA) is 79.7 Å². The number of aromatic nitrogens is 2. The summed E-state index contributed by atoms with van der Waals surface area (Å²) < 4.78 is 77.7. The summed E-state index contributed by atoms with van der Waals surface area (Å²) in [7, 11) is 0. The fraction of sp³-hybridized carbons (Fsp3) is 0.545. The van der Waals surface area contributed by atoms with Gasteiger partial charge in [-0.05, 0) is 35.3 Å². The molecular formula is C22H23BrClF5N4O3. The number of nitrogens with one attached hydrogen (secondary N) is 1. The minimum atomic E-state index is -4.45. The Labute approximate surface area is 216 Å². The monoisotopic (exact) mass is 600 g/mol. The van der Waals surface area contributed by atoms with Crippen LogP contribution in [0.1, 0.15) is 19.3 Å². The molecule has 0 radical (unpaired) electrons. The average Bonchev–Trinajstić information content (AvgIpc) is 3.33. The van der Waals surface area contributed by atoms with Gasteiger partial charge in [-0.25, -0.2) is 8.78 Å². The third kappa shape index (κ3) is 5.48. The largest absolute Gasteiger partial charge is 0.493 e. The van der Waals surface area contributed by atoms with E-state index in [1.165, 1.54) is 6.08 Å². The predicted octanol–water partition coefficient (Wildman–Crippen LogP) is 4.93. The normalized spacial score (nSPS) is 23.1. The standard InChI is InChI=1S/C22H23BrClF5N4O3/c1-2-12(30-9-22(27,28)29)8-35-18-13-17(16(26)14(23)15(18)24)31-20(32-19(13)34)36-10-21-4-3-5-33(21)7-11(25)6-21/h2,11-12,30H,1,3-10H2,(H,31,32,34)/t11-,12?,21+/m1/s1. The van der Waals surface area contributed by atoms with Crippen molar-refractivity contribution in [2.75, 3.05) is 32.8 Å². The Morgan fingerprint density at radius 2 is 2.11 bits per heavy atom. The second kappa shape index (κ2) is 10.4. The number of nitrogens with zero attached hydrogens (tertiary/aromatic N) is 3. The number of rotatable bonds is 9. The van der Waals surface area contributed by atoms with Crippen molar-refractivity contribution >= 4 is 38.4 Å². The molecule has 1 unspecified atom stereocenters. The van der Waals surface area contributed by atoms with Gasteiger partial charge in [0, 0.05) is 13.0 Å². The van der Waals surface area contributed by atoms with E-state index in [0.29, 0.717) is 13.0 Å². The molecule has 0 saturated carbocycles. The maximum absolute atomic E-state index is 15.1. The number of hydrogen-bond donors (Lipinski definition) is 2. The fourth-order valence-corrected chi connectivity index (χ4v) is 5.28. The van der Waals surface area contributed by atoms with Crippen LogP contribution in [0.5, 0.6) is 17.6 Å². The van der Waals surface area contributed by atoms with Gasteiger partial charge in [0.15, 0.2) is 11.6 Å². The number of hydrogen-bond acceptors (Lipinski definition) is 7. The first-order valence-electron chi connectivity index (χ1n) is 11.1. The van der Waals surface area contributed by atoms with E-state index in [1.807, 2.05) is 4.90 Å². The van der Waals surface area contributed by atoms with E-state index in [4.69, 9.17) is 21.1 Å². The molecule has 2 aromatic rings. The molecule has 7 nitrogen and oxygen atoms in total. The molecule has 0 amide bonds. The highest BCUT2D eigenvalue weighted by Gasteiger charge is 2.49. The van der Waals surface area contributed by atoms with Gasteiger partial charge in [0.1, 0.15) is 35.3 Å². The zero-order valence-corrected chi connectivity index (χ0v) is 21.2. The van der Waals surface area contributed by atoms with Crippen LogP contribution in [0, 0.1) is 5.82 Å². The van der Waals surface area contributed by atoms with Crippen molar-refractivity contribution in [3.05, 3.63) is 28.0 Å². The predicted molar refractivity (Wildman–Crippen MR) is 126 cm³/mol. The van der Waals surface area contributed by atoms with Crippen LogP contribution in [0.25, 0.3) is 10.9 Å². The summed E-state index contributed by atoms with van der Waals surface area (Å²) >= 11 is 9.22. The first kappa shape index (κ1) is 27.1. The first-order valence-corrected chi connectivity index (χ1v) is 12.3. The van der Waals surface area contributed by atoms with E-state index in [2.05, 4.69) is 37.8 Å². The molecule has 3 heterocycles. The summed E-state index contributed by atoms with van der Waals surface area (Å²) in [5.74, 6) is -1.86. The molecule has 1 aromatic carbocycles. The molecule has 2 aliphatic heterocycles. The summed E-state index contributed by atoms with van der Waals surface area (Å²) in [6.45, 7) is 2.94. The maximum atomic E-state index is 15.1. The van der Waals surface area contributed by atoms with Gasteiger partial charge in [0.2, 0.25) is 5.88 Å². The number of ether oxygens (including phenoxy) is 2. The third-order valence-corrected chi connectivity index (χ3v) is 7.71. The minimum absolute atomic E-state index is 0.0595. The molecule has 36 heavy (non-hydrogen) atoms. The fourth-order valence-electron chi connectivity index (χ4n) is 4.68. The number of aromatic hydroxyl groups is 1. The Kier molecular flexibility index (Phi) is 7.84. The van der Waals surface area contributed by atoms with Crippen molar-refractivity contribution < 1.29 is 36.5 Å². The SMILES string of the molecule is C=CC(COc1c(Cl)c(Br)c(F)c2nc(OC[C@@]34CCCN3C[C@H](F)C4)nc(O)c12)NCC(F)(F)F. The van der Waals surface area contributed by atoms with Crippen LogP contribution in [-0.2, 0) is 0 Å². The van der Waals surface area contributed by atoms with Gasteiger partial charge in [-0.15, -0.1) is 6.58 Å². The van der Waals surface area contributed by atoms with Gasteiger partial charge < -0.3 is 14.6 Å². The Balaban J connectivity index is 1.59. The summed E-state index contributed by atoms with van der Waals surface area (Å²) in [6, 6.07) is -1.26. The second-order valence-corrected chi connectivity index (χ2v) is 10.0. The molecule has 198 valence electrons. The lowest BCUT2D eigenvalue weighted by atomic mass is 9.95. The highest BCUT2D eigenvalue weighted by atomic mass is 79.9. The van der Waals surface area contributed by atoms with Gasteiger partial charge in [-0.3, -0.25) is 10.2 Å². The minimum Gasteiger partial charge on any atom is -0.493 e. The summed E-state index contributed by atoms with van der Waals surface area (Å²) in [5, 5.41) is 12.3. The molecule has 2 N–H and O–H groups in total. The lowest BCUT2D eigenvalue weighted by Gasteiger charge is -2.30. The third-order valence-electron chi connectivity index (χ3n) is 6.38. The molecule has 0 aliphatic carbocycles. The van der Waals surface area contributed by atoms with E-state index in [-0.39, 0.29) is 45.4 Å². The summed E-state index contributed by atoms with van der Waals surface area (Å²) in [4.78, 5) is 9.97. The van der Waals surface area contributed by atoms with Crippen molar-refractivity contribution in [1.29, 1.82) is 0 Å². The van der Waals surface area contributed by atoms with Gasteiger partial charge in [0.25, 0.3) is 0 Å². The molecule has 4 rings (SSSR count). The van der Waals surface area contributed by atoms with Crippen molar-refractivity contribution in [3.8, 4) is 17.6 Å².